The summed E-state index contributed by atoms with van der Waals surface area (Å²) in [5.74, 6) is 8.92. The summed E-state index contributed by atoms with van der Waals surface area (Å²) in [6.45, 7) is 1.27. The van der Waals surface area contributed by atoms with Gasteiger partial charge in [0.25, 0.3) is 0 Å². The highest BCUT2D eigenvalue weighted by atomic mass is 33.1. The third kappa shape index (κ3) is 10.9. The molecule has 8 bridgehead atoms. The first-order valence-corrected chi connectivity index (χ1v) is 23.8. The van der Waals surface area contributed by atoms with E-state index in [0.29, 0.717) is 54.2 Å². The highest BCUT2D eigenvalue weighted by molar-refractivity contribution is 8.76. The molecule has 3 aromatic carbocycles. The van der Waals surface area contributed by atoms with Gasteiger partial charge in [0.05, 0.1) is 19.2 Å². The maximum Gasteiger partial charge on any atom is 0.165 e. The maximum absolute atomic E-state index is 14.1. The second-order valence-electron chi connectivity index (χ2n) is 16.7. The van der Waals surface area contributed by atoms with Gasteiger partial charge in [-0.1, -0.05) is 76.6 Å². The van der Waals surface area contributed by atoms with Crippen LogP contribution in [0.1, 0.15) is 125 Å². The molecule has 11 heteroatoms. The van der Waals surface area contributed by atoms with Crippen LogP contribution in [0.2, 0.25) is 0 Å². The Labute approximate surface area is 362 Å². The molecule has 1 fully saturated rings. The third-order valence-electron chi connectivity index (χ3n) is 12.4. The number of ketones is 2. The van der Waals surface area contributed by atoms with Crippen LogP contribution in [0.25, 0.3) is 0 Å². The highest BCUT2D eigenvalue weighted by Gasteiger charge is 2.37. The number of allylic oxidation sites excluding steroid dienone is 2. The average molecular weight is 847 g/mol. The topological polar surface area (TPSA) is 164 Å². The van der Waals surface area contributed by atoms with Crippen molar-refractivity contribution in [2.75, 3.05) is 26.0 Å². The van der Waals surface area contributed by atoms with E-state index in [1.807, 2.05) is 60.3 Å². The zero-order valence-corrected chi connectivity index (χ0v) is 36.2. The number of aromatic amines is 1. The fourth-order valence-corrected chi connectivity index (χ4v) is 11.6. The monoisotopic (exact) mass is 846 g/mol. The number of carbonyl (C=O) groups excluding carboxylic acids is 2. The van der Waals surface area contributed by atoms with E-state index in [1.54, 1.807) is 29.1 Å². The number of aryl methyl sites for hydroxylation is 1. The van der Waals surface area contributed by atoms with Crippen molar-refractivity contribution in [3.63, 3.8) is 0 Å². The SMILES string of the molecule is CNCCCCCC12C=CC(=O)CCc3ccc(O)c(c3)OCCc3ccc(O)c(c3)C3CC(=O)c4cc[nH]c4CC#Cc4cc(C(N)N)c(cc43)CSSCC(CC1)C2. The summed E-state index contributed by atoms with van der Waals surface area (Å²) in [5, 5.41) is 25.5. The number of hydrogen-bond donors (Lipinski definition) is 6. The Hall–Kier alpha value is -4.44. The molecule has 7 rings (SSSR count). The lowest BCUT2D eigenvalue weighted by atomic mass is 9.79. The minimum absolute atomic E-state index is 0.0146. The molecular weight excluding hydrogens is 789 g/mol. The van der Waals surface area contributed by atoms with Gasteiger partial charge >= 0.3 is 0 Å². The van der Waals surface area contributed by atoms with E-state index in [1.165, 1.54) is 0 Å². The van der Waals surface area contributed by atoms with Crippen LogP contribution in [0.4, 0.5) is 0 Å². The van der Waals surface area contributed by atoms with E-state index in [2.05, 4.69) is 34.3 Å². The number of phenolic OH excluding ortho intramolecular Hbond substituents is 2. The van der Waals surface area contributed by atoms with Gasteiger partial charge in [-0.2, -0.15) is 0 Å². The molecule has 3 atom stereocenters. The van der Waals surface area contributed by atoms with Gasteiger partial charge in [-0.25, -0.2) is 0 Å². The van der Waals surface area contributed by atoms with Gasteiger partial charge in [-0.05, 0) is 128 Å². The Balaban J connectivity index is 1.24. The van der Waals surface area contributed by atoms with E-state index in [-0.39, 0.29) is 41.5 Å². The molecule has 0 amide bonds. The molecule has 3 unspecified atom stereocenters. The van der Waals surface area contributed by atoms with Gasteiger partial charge in [-0.15, -0.1) is 0 Å². The van der Waals surface area contributed by atoms with E-state index in [9.17, 15) is 19.8 Å². The molecular formula is C49H58N4O5S2. The Morgan fingerprint density at radius 2 is 1.80 bits per heavy atom. The van der Waals surface area contributed by atoms with Crippen LogP contribution in [0.5, 0.6) is 17.2 Å². The minimum atomic E-state index is -0.728. The molecule has 8 N–H and O–H groups in total. The van der Waals surface area contributed by atoms with Crippen molar-refractivity contribution in [3.05, 3.63) is 123 Å². The maximum atomic E-state index is 14.1. The number of benzene rings is 3. The number of nitrogens with two attached hydrogens (primary N) is 2. The van der Waals surface area contributed by atoms with Crippen LogP contribution in [-0.2, 0) is 29.8 Å². The van der Waals surface area contributed by atoms with Gasteiger partial charge in [0, 0.05) is 65.3 Å². The van der Waals surface area contributed by atoms with Crippen molar-refractivity contribution in [1.29, 1.82) is 0 Å². The summed E-state index contributed by atoms with van der Waals surface area (Å²) in [6.07, 6.45) is 14.8. The number of rotatable bonds is 7. The molecule has 316 valence electrons. The second kappa shape index (κ2) is 20.4. The van der Waals surface area contributed by atoms with Crippen molar-refractivity contribution < 1.29 is 24.5 Å². The summed E-state index contributed by atoms with van der Waals surface area (Å²) < 4.78 is 6.14. The number of nitrogens with one attached hydrogen (secondary N) is 2. The van der Waals surface area contributed by atoms with Crippen LogP contribution in [-0.4, -0.2) is 52.7 Å². The molecule has 0 radical (unpaired) electrons. The van der Waals surface area contributed by atoms with E-state index < -0.39 is 12.1 Å². The van der Waals surface area contributed by atoms with Crippen LogP contribution in [0.3, 0.4) is 0 Å². The summed E-state index contributed by atoms with van der Waals surface area (Å²) >= 11 is 0. The molecule has 0 saturated heterocycles. The largest absolute Gasteiger partial charge is 0.508 e. The van der Waals surface area contributed by atoms with E-state index in [0.717, 1.165) is 96.3 Å². The molecule has 60 heavy (non-hydrogen) atoms. The number of Topliss-reactive ketones (excluding diaryl/α,β-unsaturated/α-hetero) is 1. The molecule has 4 aromatic rings. The lowest BCUT2D eigenvalue weighted by Gasteiger charge is -2.26. The highest BCUT2D eigenvalue weighted by Crippen LogP contribution is 2.49. The summed E-state index contributed by atoms with van der Waals surface area (Å²) in [5.41, 5.74) is 20.1. The normalized spacial score (nSPS) is 21.3. The number of H-pyrrole nitrogens is 1. The molecule has 1 aromatic heterocycles. The van der Waals surface area contributed by atoms with Crippen molar-refractivity contribution in [3.8, 4) is 29.1 Å². The van der Waals surface area contributed by atoms with E-state index in [4.69, 9.17) is 16.2 Å². The lowest BCUT2D eigenvalue weighted by Crippen LogP contribution is -2.22. The summed E-state index contributed by atoms with van der Waals surface area (Å²) in [6, 6.07) is 16.7. The number of ether oxygens (including phenoxy) is 1. The number of aromatic hydroxyl groups is 2. The Bertz CT molecular complexity index is 2260. The third-order valence-corrected chi connectivity index (χ3v) is 14.9. The first-order chi connectivity index (χ1) is 29.1. The van der Waals surface area contributed by atoms with E-state index >= 15 is 0 Å². The standard InChI is InChI=1S/C49H58N4O5S2/c1-52-21-4-2-3-18-49-19-14-34(29-49)30-59-60-31-36-27-39-35(26-40(36)48(50)51)6-5-7-43-38(16-22-53-43)46(57)28-41(39)42-24-33(9-12-44(42)55)17-23-58-47-25-32(10-13-45(47)56)8-11-37(54)15-20-49/h9-10,12-13,15-16,20,22,24-27,34,41,48,52-53,55-56H,2-4,7-8,11,14,17-19,21,23,28-31,50-51H2,1H3. The lowest BCUT2D eigenvalue weighted by molar-refractivity contribution is -0.114. The van der Waals surface area contributed by atoms with Crippen LogP contribution in [0.15, 0.2) is 72.9 Å². The molecule has 1 aliphatic heterocycles. The van der Waals surface area contributed by atoms with Gasteiger partial charge < -0.3 is 36.7 Å². The first kappa shape index (κ1) is 43.6. The molecule has 0 spiro atoms. The first-order valence-electron chi connectivity index (χ1n) is 21.3. The predicted octanol–water partition coefficient (Wildman–Crippen LogP) is 8.80. The molecule has 1 saturated carbocycles. The number of phenols is 2. The molecule has 3 aliphatic rings. The molecule has 2 aliphatic carbocycles. The number of fused-ring (bicyclic) bond motifs is 9. The number of carbonyl (C=O) groups is 2. The van der Waals surface area contributed by atoms with Gasteiger partial charge in [0.2, 0.25) is 0 Å². The molecule has 2 heterocycles. The van der Waals surface area contributed by atoms with Gasteiger partial charge in [0.15, 0.2) is 23.1 Å². The fraction of sp³-hybridized carbons (Fsp3) is 0.429. The number of unbranched alkanes of at least 4 members (excludes halogenated alkanes) is 2. The fourth-order valence-electron chi connectivity index (χ4n) is 9.08. The average Bonchev–Trinajstić information content (AvgIpc) is 3.89. The Morgan fingerprint density at radius 1 is 0.967 bits per heavy atom. The van der Waals surface area contributed by atoms with Crippen LogP contribution >= 0.6 is 21.6 Å². The minimum Gasteiger partial charge on any atom is -0.508 e. The zero-order chi connectivity index (χ0) is 42.1. The Morgan fingerprint density at radius 3 is 2.63 bits per heavy atom. The van der Waals surface area contributed by atoms with Crippen molar-refractivity contribution in [2.24, 2.45) is 22.8 Å². The zero-order valence-electron chi connectivity index (χ0n) is 34.6. The van der Waals surface area contributed by atoms with Crippen molar-refractivity contribution in [2.45, 2.75) is 94.9 Å². The number of aromatic nitrogens is 1. The summed E-state index contributed by atoms with van der Waals surface area (Å²) in [7, 11) is 5.65. The number of hydrogen-bond acceptors (Lipinski definition) is 10. The van der Waals surface area contributed by atoms with Crippen LogP contribution < -0.4 is 21.5 Å². The molecule has 9 nitrogen and oxygen atoms in total. The van der Waals surface area contributed by atoms with Crippen molar-refractivity contribution in [1.82, 2.24) is 10.3 Å². The Kier molecular flexibility index (Phi) is 14.8. The van der Waals surface area contributed by atoms with Crippen molar-refractivity contribution >= 4 is 33.2 Å². The summed E-state index contributed by atoms with van der Waals surface area (Å²) in [4.78, 5) is 30.7. The van der Waals surface area contributed by atoms with Gasteiger partial charge in [-0.3, -0.25) is 9.59 Å². The second-order valence-corrected chi connectivity index (χ2v) is 19.2. The quantitative estimate of drug-likeness (QED) is 0.0459. The predicted molar refractivity (Wildman–Crippen MR) is 244 cm³/mol. The van der Waals surface area contributed by atoms with Crippen LogP contribution in [0, 0.1) is 23.2 Å². The van der Waals surface area contributed by atoms with Gasteiger partial charge in [0.1, 0.15) is 5.75 Å². The smallest absolute Gasteiger partial charge is 0.165 e.